The van der Waals surface area contributed by atoms with E-state index in [1.807, 2.05) is 0 Å². The highest BCUT2D eigenvalue weighted by Crippen LogP contribution is 2.32. The van der Waals surface area contributed by atoms with Crippen molar-refractivity contribution in [1.29, 1.82) is 0 Å². The predicted molar refractivity (Wildman–Crippen MR) is 57.6 cm³/mol. The van der Waals surface area contributed by atoms with Gasteiger partial charge in [0.1, 0.15) is 0 Å². The quantitative estimate of drug-likeness (QED) is 0.762. The van der Waals surface area contributed by atoms with Crippen molar-refractivity contribution in [3.63, 3.8) is 0 Å². The Morgan fingerprint density at radius 2 is 1.82 bits per heavy atom. The maximum atomic E-state index is 12.9. The molecular formula is C11H18F2N2O2. The summed E-state index contributed by atoms with van der Waals surface area (Å²) in [7, 11) is 0. The van der Waals surface area contributed by atoms with E-state index in [1.54, 1.807) is 4.90 Å². The third-order valence-electron chi connectivity index (χ3n) is 3.39. The fourth-order valence-electron chi connectivity index (χ4n) is 2.26. The summed E-state index contributed by atoms with van der Waals surface area (Å²) in [5.41, 5.74) is 2.61. The molecule has 1 amide bonds. The molecule has 98 valence electrons. The maximum Gasteiger partial charge on any atom is 0.428 e. The van der Waals surface area contributed by atoms with Crippen molar-refractivity contribution in [3.05, 3.63) is 0 Å². The Morgan fingerprint density at radius 1 is 1.24 bits per heavy atom. The lowest BCUT2D eigenvalue weighted by molar-refractivity contribution is -0.0554. The second-order valence-electron chi connectivity index (χ2n) is 4.81. The van der Waals surface area contributed by atoms with Crippen LogP contribution in [0.4, 0.5) is 13.6 Å². The average Bonchev–Trinajstić information content (AvgIpc) is 2.80. The molecule has 0 radical (unpaired) electrons. The number of alkyl halides is 2. The lowest BCUT2D eigenvalue weighted by Crippen LogP contribution is -2.41. The molecule has 1 saturated heterocycles. The number of likely N-dealkylation sites (tertiary alicyclic amines) is 1. The number of nitrogens with one attached hydrogen (secondary N) is 1. The molecule has 0 atom stereocenters. The van der Waals surface area contributed by atoms with Crippen LogP contribution in [0.25, 0.3) is 0 Å². The van der Waals surface area contributed by atoms with E-state index in [4.69, 9.17) is 4.84 Å². The molecule has 2 rings (SSSR count). The van der Waals surface area contributed by atoms with Crippen molar-refractivity contribution in [2.45, 2.75) is 50.5 Å². The summed E-state index contributed by atoms with van der Waals surface area (Å²) >= 11 is 0. The zero-order valence-corrected chi connectivity index (χ0v) is 9.75. The molecule has 0 aromatic rings. The highest BCUT2D eigenvalue weighted by molar-refractivity contribution is 5.67. The Bertz CT molecular complexity index is 271. The lowest BCUT2D eigenvalue weighted by atomic mass is 9.93. The van der Waals surface area contributed by atoms with Crippen LogP contribution in [0.15, 0.2) is 0 Å². The van der Waals surface area contributed by atoms with Gasteiger partial charge in [0, 0.05) is 32.0 Å². The van der Waals surface area contributed by atoms with Gasteiger partial charge in [-0.1, -0.05) is 0 Å². The van der Waals surface area contributed by atoms with Crippen molar-refractivity contribution < 1.29 is 18.4 Å². The summed E-state index contributed by atoms with van der Waals surface area (Å²) in [4.78, 5) is 18.1. The summed E-state index contributed by atoms with van der Waals surface area (Å²) in [5, 5.41) is 0. The summed E-state index contributed by atoms with van der Waals surface area (Å²) < 4.78 is 25.8. The van der Waals surface area contributed by atoms with E-state index in [9.17, 15) is 13.6 Å². The predicted octanol–water partition coefficient (Wildman–Crippen LogP) is 2.30. The molecule has 4 nitrogen and oxygen atoms in total. The monoisotopic (exact) mass is 248 g/mol. The van der Waals surface area contributed by atoms with Crippen LogP contribution in [-0.4, -0.2) is 36.0 Å². The normalized spacial score (nSPS) is 24.9. The molecule has 1 aliphatic carbocycles. The summed E-state index contributed by atoms with van der Waals surface area (Å²) in [6.45, 7) is 1.45. The molecule has 1 saturated carbocycles. The van der Waals surface area contributed by atoms with Gasteiger partial charge in [-0.05, 0) is 25.7 Å². The first-order valence-electron chi connectivity index (χ1n) is 6.16. The highest BCUT2D eigenvalue weighted by atomic mass is 19.3. The Labute approximate surface area is 99.2 Å². The maximum absolute atomic E-state index is 12.9. The fourth-order valence-corrected chi connectivity index (χ4v) is 2.26. The molecule has 0 unspecified atom stereocenters. The zero-order chi connectivity index (χ0) is 12.3. The van der Waals surface area contributed by atoms with Gasteiger partial charge in [0.15, 0.2) is 0 Å². The molecular weight excluding hydrogens is 230 g/mol. The third kappa shape index (κ3) is 3.52. The number of hydrogen-bond acceptors (Lipinski definition) is 3. The lowest BCUT2D eigenvalue weighted by Gasteiger charge is -2.28. The smallest absolute Gasteiger partial charge is 0.353 e. The van der Waals surface area contributed by atoms with Gasteiger partial charge in [-0.25, -0.2) is 13.6 Å². The Hall–Kier alpha value is -0.910. The van der Waals surface area contributed by atoms with Crippen LogP contribution in [0.1, 0.15) is 38.5 Å². The van der Waals surface area contributed by atoms with Crippen molar-refractivity contribution >= 4 is 6.09 Å². The summed E-state index contributed by atoms with van der Waals surface area (Å²) in [5.74, 6) is -2.54. The van der Waals surface area contributed by atoms with E-state index >= 15 is 0 Å². The minimum atomic E-state index is -2.54. The molecule has 2 fully saturated rings. The van der Waals surface area contributed by atoms with E-state index in [1.165, 1.54) is 0 Å². The fraction of sp³-hybridized carbons (Fsp3) is 0.909. The second kappa shape index (κ2) is 5.16. The van der Waals surface area contributed by atoms with Gasteiger partial charge in [0.05, 0.1) is 0 Å². The number of hydroxylamine groups is 1. The van der Waals surface area contributed by atoms with Gasteiger partial charge in [0.2, 0.25) is 5.92 Å². The molecule has 6 heteroatoms. The van der Waals surface area contributed by atoms with E-state index in [0.717, 1.165) is 25.9 Å². The van der Waals surface area contributed by atoms with E-state index in [2.05, 4.69) is 5.48 Å². The van der Waals surface area contributed by atoms with Gasteiger partial charge in [-0.3, -0.25) is 0 Å². The Morgan fingerprint density at radius 3 is 2.41 bits per heavy atom. The van der Waals surface area contributed by atoms with E-state index < -0.39 is 5.92 Å². The minimum absolute atomic E-state index is 0.133. The van der Waals surface area contributed by atoms with Crippen LogP contribution in [0, 0.1) is 0 Å². The zero-order valence-electron chi connectivity index (χ0n) is 9.75. The summed E-state index contributed by atoms with van der Waals surface area (Å²) in [6.07, 6.45) is 2.05. The SMILES string of the molecule is O=C(ONC1CCC(F)(F)CC1)N1CCCC1. The minimum Gasteiger partial charge on any atom is -0.353 e. The molecule has 1 heterocycles. The van der Waals surface area contributed by atoms with Crippen LogP contribution in [0.5, 0.6) is 0 Å². The largest absolute Gasteiger partial charge is 0.428 e. The van der Waals surface area contributed by atoms with Gasteiger partial charge in [0.25, 0.3) is 0 Å². The van der Waals surface area contributed by atoms with Gasteiger partial charge < -0.3 is 9.74 Å². The van der Waals surface area contributed by atoms with Gasteiger partial charge in [-0.2, -0.15) is 0 Å². The van der Waals surface area contributed by atoms with Gasteiger partial charge in [-0.15, -0.1) is 5.48 Å². The second-order valence-corrected chi connectivity index (χ2v) is 4.81. The number of amides is 1. The molecule has 17 heavy (non-hydrogen) atoms. The van der Waals surface area contributed by atoms with Crippen LogP contribution in [-0.2, 0) is 4.84 Å². The van der Waals surface area contributed by atoms with Crippen LogP contribution < -0.4 is 5.48 Å². The highest BCUT2D eigenvalue weighted by Gasteiger charge is 2.35. The molecule has 1 aliphatic heterocycles. The average molecular weight is 248 g/mol. The summed E-state index contributed by atoms with van der Waals surface area (Å²) in [6, 6.07) is -0.138. The van der Waals surface area contributed by atoms with Crippen molar-refractivity contribution in [3.8, 4) is 0 Å². The first-order valence-corrected chi connectivity index (χ1v) is 6.16. The topological polar surface area (TPSA) is 41.6 Å². The Kier molecular flexibility index (Phi) is 3.81. The number of carbonyl (C=O) groups is 1. The first-order chi connectivity index (χ1) is 8.07. The van der Waals surface area contributed by atoms with Crippen molar-refractivity contribution in [1.82, 2.24) is 10.4 Å². The molecule has 0 aromatic carbocycles. The standard InChI is InChI=1S/C11H18F2N2O2/c12-11(13)5-3-9(4-6-11)14-17-10(16)15-7-1-2-8-15/h9,14H,1-8H2. The third-order valence-corrected chi connectivity index (χ3v) is 3.39. The van der Waals surface area contributed by atoms with Crippen LogP contribution in [0.2, 0.25) is 0 Å². The van der Waals surface area contributed by atoms with Crippen LogP contribution >= 0.6 is 0 Å². The number of hydrogen-bond donors (Lipinski definition) is 1. The van der Waals surface area contributed by atoms with E-state index in [0.29, 0.717) is 12.8 Å². The van der Waals surface area contributed by atoms with E-state index in [-0.39, 0.29) is 25.0 Å². The Balaban J connectivity index is 1.67. The first kappa shape index (κ1) is 12.5. The molecule has 2 aliphatic rings. The van der Waals surface area contributed by atoms with Crippen molar-refractivity contribution in [2.24, 2.45) is 0 Å². The van der Waals surface area contributed by atoms with Crippen molar-refractivity contribution in [2.75, 3.05) is 13.1 Å². The molecule has 1 N–H and O–H groups in total. The number of halogens is 2. The number of carbonyl (C=O) groups excluding carboxylic acids is 1. The number of rotatable bonds is 2. The molecule has 0 spiro atoms. The molecule has 0 aromatic heterocycles. The van der Waals surface area contributed by atoms with Crippen LogP contribution in [0.3, 0.4) is 0 Å². The van der Waals surface area contributed by atoms with Gasteiger partial charge >= 0.3 is 6.09 Å². The molecule has 0 bridgehead atoms. The number of nitrogens with zero attached hydrogens (tertiary/aromatic N) is 1.